The molecule has 6 rings (SSSR count). The third kappa shape index (κ3) is 9.97. The van der Waals surface area contributed by atoms with E-state index in [0.29, 0.717) is 46.9 Å². The summed E-state index contributed by atoms with van der Waals surface area (Å²) in [6.45, 7) is 9.04. The molecular formula is C47H40F12O2P2. The molecule has 0 N–H and O–H groups in total. The molecule has 0 fully saturated rings. The molecular weight excluding hydrogens is 886 g/mol. The van der Waals surface area contributed by atoms with E-state index in [1.807, 2.05) is 64.1 Å². The van der Waals surface area contributed by atoms with E-state index in [-0.39, 0.29) is 12.1 Å². The fourth-order valence-corrected chi connectivity index (χ4v) is 14.0. The van der Waals surface area contributed by atoms with Crippen LogP contribution in [0.5, 0.6) is 11.5 Å². The Bertz CT molecular complexity index is 2340. The van der Waals surface area contributed by atoms with E-state index >= 15 is 0 Å². The highest BCUT2D eigenvalue weighted by Gasteiger charge is 2.42. The van der Waals surface area contributed by atoms with Crippen LogP contribution in [0.4, 0.5) is 52.7 Å². The number of rotatable bonds is 10. The molecule has 2 nitrogen and oxygen atoms in total. The monoisotopic (exact) mass is 926 g/mol. The van der Waals surface area contributed by atoms with Crippen LogP contribution >= 0.6 is 15.8 Å². The zero-order chi connectivity index (χ0) is 46.6. The van der Waals surface area contributed by atoms with Gasteiger partial charge in [0.2, 0.25) is 0 Å². The molecule has 0 unspecified atom stereocenters. The Balaban J connectivity index is 1.61. The summed E-state index contributed by atoms with van der Waals surface area (Å²) < 4.78 is 183. The minimum absolute atomic E-state index is 0.125. The first-order chi connectivity index (χ1) is 29.2. The van der Waals surface area contributed by atoms with Gasteiger partial charge in [-0.1, -0.05) is 49.4 Å². The lowest BCUT2D eigenvalue weighted by atomic mass is 9.93. The summed E-state index contributed by atoms with van der Waals surface area (Å²) in [7, 11) is -1.20. The number of methoxy groups -OCH3 is 2. The zero-order valence-corrected chi connectivity index (χ0v) is 36.5. The lowest BCUT2D eigenvalue weighted by Gasteiger charge is -2.34. The van der Waals surface area contributed by atoms with Crippen molar-refractivity contribution in [1.29, 1.82) is 0 Å². The third-order valence-electron chi connectivity index (χ3n) is 10.9. The number of aryl methyl sites for hydroxylation is 4. The number of benzene rings is 5. The van der Waals surface area contributed by atoms with Gasteiger partial charge in [0.1, 0.15) is 11.5 Å². The molecule has 0 spiro atoms. The summed E-state index contributed by atoms with van der Waals surface area (Å²) in [5.74, 6) is 0.446. The Hall–Kier alpha value is -4.80. The lowest BCUT2D eigenvalue weighted by molar-refractivity contribution is -0.144. The number of ether oxygens (including phenoxy) is 2. The van der Waals surface area contributed by atoms with E-state index in [1.54, 1.807) is 44.6 Å². The average Bonchev–Trinajstić information content (AvgIpc) is 3.67. The Morgan fingerprint density at radius 1 is 0.508 bits per heavy atom. The topological polar surface area (TPSA) is 18.5 Å². The van der Waals surface area contributed by atoms with Gasteiger partial charge in [0, 0.05) is 5.92 Å². The number of hydrogen-bond acceptors (Lipinski definition) is 2. The second kappa shape index (κ2) is 17.6. The maximum absolute atomic E-state index is 14.3. The number of allylic oxidation sites excluding steroid dienone is 4. The standard InChI is InChI=1S/C47H40F12O2P2/c1-25-15-34(16-26(2)42(25)60-6)63(35-17-27(3)43(61-7)28(4)18-35)41-14-9-8-11-40(41)39-13-10-12-38(39)29(5)62(36-21-30(44(48,49)50)19-31(22-36)45(51,52)53)37-23-32(46(54,55)56)20-33(24-37)47(57,58)59/h8-24,29,38H,1-7H3/t29-,38+/m1/s1. The normalized spacial score (nSPS) is 15.3. The van der Waals surface area contributed by atoms with Gasteiger partial charge in [-0.25, -0.2) is 0 Å². The molecule has 0 bridgehead atoms. The molecule has 1 aliphatic carbocycles. The molecule has 63 heavy (non-hydrogen) atoms. The zero-order valence-electron chi connectivity index (χ0n) is 34.7. The molecule has 16 heteroatoms. The molecule has 0 aromatic heterocycles. The Labute approximate surface area is 359 Å². The van der Waals surface area contributed by atoms with Gasteiger partial charge >= 0.3 is 24.7 Å². The second-order valence-electron chi connectivity index (χ2n) is 15.2. The van der Waals surface area contributed by atoms with Crippen LogP contribution in [-0.2, 0) is 24.7 Å². The second-order valence-corrected chi connectivity index (χ2v) is 20.0. The Morgan fingerprint density at radius 3 is 1.22 bits per heavy atom. The van der Waals surface area contributed by atoms with Crippen molar-refractivity contribution >= 4 is 47.9 Å². The molecule has 0 heterocycles. The molecule has 0 saturated carbocycles. The minimum atomic E-state index is -5.35. The third-order valence-corrected chi connectivity index (χ3v) is 16.0. The molecule has 5 aromatic rings. The van der Waals surface area contributed by atoms with Gasteiger partial charge in [-0.05, 0) is 170 Å². The molecule has 1 aliphatic rings. The van der Waals surface area contributed by atoms with Gasteiger partial charge in [0.05, 0.1) is 36.5 Å². The maximum Gasteiger partial charge on any atom is 0.416 e. The predicted octanol–water partition coefficient (Wildman–Crippen LogP) is 12.9. The number of alkyl halides is 12. The predicted molar refractivity (Wildman–Crippen MR) is 226 cm³/mol. The highest BCUT2D eigenvalue weighted by atomic mass is 31.1. The van der Waals surface area contributed by atoms with Crippen LogP contribution in [0.2, 0.25) is 0 Å². The quantitative estimate of drug-likeness (QED) is 0.103. The van der Waals surface area contributed by atoms with Crippen molar-refractivity contribution in [2.24, 2.45) is 5.92 Å². The lowest BCUT2D eigenvalue weighted by Crippen LogP contribution is -2.30. The van der Waals surface area contributed by atoms with Crippen molar-refractivity contribution in [3.8, 4) is 11.5 Å². The summed E-state index contributed by atoms with van der Waals surface area (Å²) in [6, 6.07) is 16.6. The van der Waals surface area contributed by atoms with Crippen molar-refractivity contribution in [2.45, 2.75) is 65.0 Å². The van der Waals surface area contributed by atoms with E-state index in [4.69, 9.17) is 9.47 Å². The SMILES string of the molecule is COc1c(C)cc(P(c2cc(C)c(OC)c(C)c2)c2ccccc2C2=CC=C[C@H]2[C@@H](C)P(c2cc(C(F)(F)F)cc(C(F)(F)F)c2)c2cc(C(F)(F)F)cc(C(F)(F)F)c2)cc1C. The van der Waals surface area contributed by atoms with Crippen LogP contribution in [-0.4, -0.2) is 19.9 Å². The highest BCUT2D eigenvalue weighted by Crippen LogP contribution is 2.52. The van der Waals surface area contributed by atoms with Crippen molar-refractivity contribution in [1.82, 2.24) is 0 Å². The molecule has 0 amide bonds. The van der Waals surface area contributed by atoms with Crippen molar-refractivity contribution in [2.75, 3.05) is 14.2 Å². The van der Waals surface area contributed by atoms with Crippen LogP contribution in [0, 0.1) is 33.6 Å². The summed E-state index contributed by atoms with van der Waals surface area (Å²) >= 11 is 0. The first-order valence-electron chi connectivity index (χ1n) is 19.2. The van der Waals surface area contributed by atoms with E-state index in [9.17, 15) is 52.7 Å². The molecule has 334 valence electrons. The maximum atomic E-state index is 14.3. The summed E-state index contributed by atoms with van der Waals surface area (Å²) in [6.07, 6.45) is -16.5. The van der Waals surface area contributed by atoms with Gasteiger partial charge in [-0.15, -0.1) is 0 Å². The fraction of sp³-hybridized carbons (Fsp3) is 0.277. The molecule has 0 saturated heterocycles. The van der Waals surface area contributed by atoms with Crippen LogP contribution in [0.25, 0.3) is 5.57 Å². The summed E-state index contributed by atoms with van der Waals surface area (Å²) in [5.41, 5.74) is -3.65. The number of halogens is 12. The molecule has 2 atom stereocenters. The van der Waals surface area contributed by atoms with E-state index < -0.39 is 85.0 Å². The van der Waals surface area contributed by atoms with Crippen LogP contribution in [0.3, 0.4) is 0 Å². The summed E-state index contributed by atoms with van der Waals surface area (Å²) in [4.78, 5) is 0. The first kappa shape index (κ1) is 47.7. The Morgan fingerprint density at radius 2 is 0.873 bits per heavy atom. The van der Waals surface area contributed by atoms with E-state index in [2.05, 4.69) is 0 Å². The van der Waals surface area contributed by atoms with Gasteiger partial charge < -0.3 is 9.47 Å². The molecule has 0 radical (unpaired) electrons. The average molecular weight is 927 g/mol. The van der Waals surface area contributed by atoms with Crippen LogP contribution < -0.4 is 36.0 Å². The summed E-state index contributed by atoms with van der Waals surface area (Å²) in [5, 5.41) is 1.20. The van der Waals surface area contributed by atoms with Crippen LogP contribution in [0.15, 0.2) is 103 Å². The van der Waals surface area contributed by atoms with E-state index in [1.165, 1.54) is 6.92 Å². The largest absolute Gasteiger partial charge is 0.496 e. The molecule has 5 aromatic carbocycles. The van der Waals surface area contributed by atoms with Gasteiger partial charge in [0.25, 0.3) is 0 Å². The highest BCUT2D eigenvalue weighted by molar-refractivity contribution is 7.80. The van der Waals surface area contributed by atoms with Crippen molar-refractivity contribution < 1.29 is 62.2 Å². The minimum Gasteiger partial charge on any atom is -0.496 e. The van der Waals surface area contributed by atoms with Crippen molar-refractivity contribution in [3.05, 3.63) is 153 Å². The number of hydrogen-bond donors (Lipinski definition) is 0. The fourth-order valence-electron chi connectivity index (χ4n) is 8.22. The van der Waals surface area contributed by atoms with Gasteiger partial charge in [-0.2, -0.15) is 52.7 Å². The van der Waals surface area contributed by atoms with Gasteiger partial charge in [0.15, 0.2) is 0 Å². The first-order valence-corrected chi connectivity index (χ1v) is 22.0. The van der Waals surface area contributed by atoms with Crippen LogP contribution in [0.1, 0.15) is 57.0 Å². The Kier molecular flexibility index (Phi) is 13.3. The smallest absolute Gasteiger partial charge is 0.416 e. The van der Waals surface area contributed by atoms with Crippen molar-refractivity contribution in [3.63, 3.8) is 0 Å². The van der Waals surface area contributed by atoms with Gasteiger partial charge in [-0.3, -0.25) is 0 Å². The van der Waals surface area contributed by atoms with E-state index in [0.717, 1.165) is 38.2 Å². The molecule has 0 aliphatic heterocycles.